The Balaban J connectivity index is 1.59. The van der Waals surface area contributed by atoms with Crippen LogP contribution in [0.5, 0.6) is 5.75 Å². The number of Topliss-reactive ketones (excluding diaryl/α,β-unsaturated/α-hetero) is 1. The van der Waals surface area contributed by atoms with Gasteiger partial charge in [0.05, 0.1) is 13.2 Å². The van der Waals surface area contributed by atoms with Crippen LogP contribution < -0.4 is 10.1 Å². The smallest absolute Gasteiger partial charge is 0.161 e. The highest BCUT2D eigenvalue weighted by Crippen LogP contribution is 2.68. The van der Waals surface area contributed by atoms with Crippen molar-refractivity contribution >= 4 is 5.78 Å². The van der Waals surface area contributed by atoms with E-state index in [9.17, 15) is 4.79 Å². The zero-order valence-electron chi connectivity index (χ0n) is 15.1. The first kappa shape index (κ1) is 15.7. The summed E-state index contributed by atoms with van der Waals surface area (Å²) in [5.74, 6) is 2.95. The number of carbonyl (C=O) groups is 1. The first-order chi connectivity index (χ1) is 11.4. The second kappa shape index (κ2) is 5.37. The van der Waals surface area contributed by atoms with E-state index >= 15 is 0 Å². The summed E-state index contributed by atoms with van der Waals surface area (Å²) in [5.41, 5.74) is 3.77. The van der Waals surface area contributed by atoms with Gasteiger partial charge in [-0.1, -0.05) is 26.0 Å². The van der Waals surface area contributed by atoms with Gasteiger partial charge in [-0.05, 0) is 60.6 Å². The van der Waals surface area contributed by atoms with Gasteiger partial charge in [-0.15, -0.1) is 0 Å². The van der Waals surface area contributed by atoms with Gasteiger partial charge in [-0.25, -0.2) is 0 Å². The molecule has 0 unspecified atom stereocenters. The van der Waals surface area contributed by atoms with Crippen molar-refractivity contribution in [3.8, 4) is 5.75 Å². The Morgan fingerprint density at radius 3 is 2.46 bits per heavy atom. The molecule has 0 aliphatic heterocycles. The predicted octanol–water partition coefficient (Wildman–Crippen LogP) is 4.25. The van der Waals surface area contributed by atoms with Crippen molar-refractivity contribution < 1.29 is 9.53 Å². The minimum absolute atomic E-state index is 0.303. The molecule has 3 saturated carbocycles. The van der Waals surface area contributed by atoms with E-state index in [4.69, 9.17) is 4.74 Å². The molecule has 24 heavy (non-hydrogen) atoms. The van der Waals surface area contributed by atoms with Crippen molar-refractivity contribution in [2.45, 2.75) is 46.1 Å². The van der Waals surface area contributed by atoms with Crippen molar-refractivity contribution in [1.82, 2.24) is 5.32 Å². The lowest BCUT2D eigenvalue weighted by molar-refractivity contribution is -0.115. The number of hydrogen-bond donors (Lipinski definition) is 1. The largest absolute Gasteiger partial charge is 0.497 e. The monoisotopic (exact) mass is 325 g/mol. The Morgan fingerprint density at radius 1 is 1.25 bits per heavy atom. The highest BCUT2D eigenvalue weighted by molar-refractivity contribution is 6.01. The first-order valence-corrected chi connectivity index (χ1v) is 9.08. The summed E-state index contributed by atoms with van der Waals surface area (Å²) in [5, 5.41) is 3.72. The molecule has 0 aromatic heterocycles. The van der Waals surface area contributed by atoms with Crippen LogP contribution in [0.15, 0.2) is 35.5 Å². The van der Waals surface area contributed by atoms with Crippen LogP contribution >= 0.6 is 0 Å². The van der Waals surface area contributed by atoms with Crippen LogP contribution in [0.1, 0.15) is 51.6 Å². The Hall–Kier alpha value is -1.77. The highest BCUT2D eigenvalue weighted by atomic mass is 16.5. The fourth-order valence-corrected chi connectivity index (χ4v) is 4.65. The molecule has 0 heterocycles. The summed E-state index contributed by atoms with van der Waals surface area (Å²) >= 11 is 0. The second-order valence-electron chi connectivity index (χ2n) is 8.30. The van der Waals surface area contributed by atoms with Crippen molar-refractivity contribution in [3.05, 3.63) is 41.1 Å². The second-order valence-corrected chi connectivity index (χ2v) is 8.30. The Morgan fingerprint density at radius 2 is 1.92 bits per heavy atom. The molecule has 3 heteroatoms. The van der Waals surface area contributed by atoms with E-state index in [1.807, 2.05) is 12.1 Å². The quantitative estimate of drug-likeness (QED) is 0.822. The number of carbonyl (C=O) groups excluding carboxylic acids is 1. The maximum absolute atomic E-state index is 12.4. The van der Waals surface area contributed by atoms with Gasteiger partial charge in [0.1, 0.15) is 5.75 Å². The number of benzene rings is 1. The molecular formula is C21H27NO2. The molecule has 3 atom stereocenters. The third-order valence-electron chi connectivity index (χ3n) is 6.41. The van der Waals surface area contributed by atoms with E-state index in [2.05, 4.69) is 38.2 Å². The molecule has 3 nitrogen and oxygen atoms in total. The maximum atomic E-state index is 12.4. The van der Waals surface area contributed by atoms with E-state index in [0.717, 1.165) is 23.4 Å². The molecule has 0 amide bonds. The van der Waals surface area contributed by atoms with E-state index < -0.39 is 0 Å². The Bertz CT molecular complexity index is 697. The van der Waals surface area contributed by atoms with Crippen LogP contribution in [0, 0.1) is 23.2 Å². The third-order valence-corrected chi connectivity index (χ3v) is 6.41. The van der Waals surface area contributed by atoms with Crippen molar-refractivity contribution in [3.63, 3.8) is 0 Å². The maximum Gasteiger partial charge on any atom is 0.161 e. The predicted molar refractivity (Wildman–Crippen MR) is 94.7 cm³/mol. The van der Waals surface area contributed by atoms with Gasteiger partial charge >= 0.3 is 0 Å². The number of ether oxygens (including phenoxy) is 1. The third kappa shape index (κ3) is 2.45. The number of rotatable bonds is 5. The molecule has 3 aliphatic carbocycles. The van der Waals surface area contributed by atoms with Crippen molar-refractivity contribution in [2.75, 3.05) is 7.11 Å². The topological polar surface area (TPSA) is 38.3 Å². The van der Waals surface area contributed by atoms with Gasteiger partial charge in [0.15, 0.2) is 5.78 Å². The molecule has 128 valence electrons. The molecule has 1 aromatic rings. The molecule has 3 aliphatic rings. The fourth-order valence-electron chi connectivity index (χ4n) is 4.65. The molecule has 0 radical (unpaired) electrons. The minimum atomic E-state index is 0.303. The normalized spacial score (nSPS) is 30.6. The number of methoxy groups -OCH3 is 1. The molecule has 1 aromatic carbocycles. The lowest BCUT2D eigenvalue weighted by Gasteiger charge is -2.23. The molecule has 3 fully saturated rings. The van der Waals surface area contributed by atoms with Crippen LogP contribution in [0.2, 0.25) is 0 Å². The van der Waals surface area contributed by atoms with Gasteiger partial charge in [-0.3, -0.25) is 4.79 Å². The van der Waals surface area contributed by atoms with Gasteiger partial charge in [0.2, 0.25) is 0 Å². The van der Waals surface area contributed by atoms with Crippen LogP contribution in [0.3, 0.4) is 0 Å². The number of ketones is 1. The average molecular weight is 325 g/mol. The fraction of sp³-hybridized carbons (Fsp3) is 0.571. The van der Waals surface area contributed by atoms with Gasteiger partial charge in [0, 0.05) is 17.7 Å². The van der Waals surface area contributed by atoms with Gasteiger partial charge in [0.25, 0.3) is 0 Å². The molecule has 0 saturated heterocycles. The number of allylic oxidation sites excluding steroid dienone is 2. The van der Waals surface area contributed by atoms with Crippen LogP contribution in [0.4, 0.5) is 0 Å². The highest BCUT2D eigenvalue weighted by Gasteiger charge is 2.65. The molecule has 0 bridgehead atoms. The Labute approximate surface area is 144 Å². The number of fused-ring (bicyclic) bond motifs is 1. The summed E-state index contributed by atoms with van der Waals surface area (Å²) in [7, 11) is 1.69. The van der Waals surface area contributed by atoms with Crippen LogP contribution in [-0.4, -0.2) is 12.9 Å². The number of hydrogen-bond acceptors (Lipinski definition) is 3. The SMILES string of the molecule is COc1ccc([C@@H](N/C(C)=C2\C(=O)C[C@@H]3[C@H]2C3(C)C)C2CC2)cc1. The summed E-state index contributed by atoms with van der Waals surface area (Å²) in [4.78, 5) is 12.4. The van der Waals surface area contributed by atoms with E-state index in [0.29, 0.717) is 35.0 Å². The summed E-state index contributed by atoms with van der Waals surface area (Å²) in [6.45, 7) is 6.69. The summed E-state index contributed by atoms with van der Waals surface area (Å²) in [6, 6.07) is 8.64. The summed E-state index contributed by atoms with van der Waals surface area (Å²) in [6.07, 6.45) is 3.26. The van der Waals surface area contributed by atoms with E-state index in [1.54, 1.807) is 7.11 Å². The molecule has 0 spiro atoms. The minimum Gasteiger partial charge on any atom is -0.497 e. The molecule has 4 rings (SSSR count). The standard InChI is InChI=1S/C21H27NO2/c1-12(18-17(23)11-16-19(18)21(16,2)3)22-20(13-5-6-13)14-7-9-15(24-4)10-8-14/h7-10,13,16,19-20,22H,5-6,11H2,1-4H3/b18-12+/t16-,19-,20+/m1/s1. The zero-order chi connectivity index (χ0) is 17.1. The summed E-state index contributed by atoms with van der Waals surface area (Å²) < 4.78 is 5.27. The lowest BCUT2D eigenvalue weighted by atomic mass is 9.94. The first-order valence-electron chi connectivity index (χ1n) is 9.08. The lowest BCUT2D eigenvalue weighted by Crippen LogP contribution is -2.24. The van der Waals surface area contributed by atoms with Gasteiger partial charge in [-0.2, -0.15) is 0 Å². The zero-order valence-corrected chi connectivity index (χ0v) is 15.1. The van der Waals surface area contributed by atoms with Crippen molar-refractivity contribution in [2.24, 2.45) is 23.2 Å². The van der Waals surface area contributed by atoms with E-state index in [1.165, 1.54) is 18.4 Å². The molecule has 1 N–H and O–H groups in total. The number of nitrogens with one attached hydrogen (secondary N) is 1. The van der Waals surface area contributed by atoms with Crippen LogP contribution in [0.25, 0.3) is 0 Å². The van der Waals surface area contributed by atoms with E-state index in [-0.39, 0.29) is 0 Å². The average Bonchev–Trinajstić information content (AvgIpc) is 3.44. The van der Waals surface area contributed by atoms with Gasteiger partial charge < -0.3 is 10.1 Å². The Kier molecular flexibility index (Phi) is 3.52. The molecular weight excluding hydrogens is 298 g/mol. The van der Waals surface area contributed by atoms with Crippen LogP contribution in [-0.2, 0) is 4.79 Å². The van der Waals surface area contributed by atoms with Crippen molar-refractivity contribution in [1.29, 1.82) is 0 Å².